The van der Waals surface area contributed by atoms with Crippen molar-refractivity contribution in [3.05, 3.63) is 35.9 Å². The third kappa shape index (κ3) is 4.49. The molecule has 1 N–H and O–H groups in total. The predicted molar refractivity (Wildman–Crippen MR) is 47.8 cm³/mol. The number of alkyl halides is 3. The Bertz CT molecular complexity index is 293. The highest BCUT2D eigenvalue weighted by Gasteiger charge is 2.23. The topological polar surface area (TPSA) is 24.4 Å². The molecule has 0 saturated carbocycles. The Morgan fingerprint density at radius 1 is 1.21 bits per heavy atom. The third-order valence-corrected chi connectivity index (χ3v) is 1.43. The quantitative estimate of drug-likeness (QED) is 0.590. The molecule has 0 spiro atoms. The van der Waals surface area contributed by atoms with Crippen molar-refractivity contribution in [3.8, 4) is 0 Å². The van der Waals surface area contributed by atoms with Crippen molar-refractivity contribution in [2.75, 3.05) is 0 Å². The normalized spacial score (nSPS) is 11.9. The van der Waals surface area contributed by atoms with Gasteiger partial charge in [0.25, 0.3) is 0 Å². The second-order valence-corrected chi connectivity index (χ2v) is 2.62. The van der Waals surface area contributed by atoms with E-state index in [2.05, 4.69) is 10.5 Å². The number of halogens is 3. The van der Waals surface area contributed by atoms with E-state index in [1.807, 2.05) is 18.2 Å². The molecule has 1 aromatic rings. The fraction of sp³-hybridized carbons (Fsp3) is 0.222. The minimum Gasteiger partial charge on any atom is -0.306 e. The van der Waals surface area contributed by atoms with Gasteiger partial charge in [-0.05, 0) is 5.56 Å². The Morgan fingerprint density at radius 2 is 1.86 bits per heavy atom. The lowest BCUT2D eigenvalue weighted by molar-refractivity contribution is -0.0539. The van der Waals surface area contributed by atoms with Crippen molar-refractivity contribution < 1.29 is 13.2 Å². The summed E-state index contributed by atoms with van der Waals surface area (Å²) in [7, 11) is 0. The molecular formula is C9H9F3N2. The third-order valence-electron chi connectivity index (χ3n) is 1.43. The monoisotopic (exact) mass is 202 g/mol. The van der Waals surface area contributed by atoms with Crippen LogP contribution in [0.2, 0.25) is 0 Å². The Hall–Kier alpha value is -1.52. The highest BCUT2D eigenvalue weighted by molar-refractivity contribution is 5.63. The van der Waals surface area contributed by atoms with Gasteiger partial charge < -0.3 is 5.43 Å². The fourth-order valence-electron chi connectivity index (χ4n) is 0.852. The standard InChI is InChI=1S/C9H9F3N2/c10-9(11,12)7-14-13-6-8-4-2-1-3-5-8/h1-5,7,13H,6H2/b14-7+. The average molecular weight is 202 g/mol. The molecule has 1 aromatic carbocycles. The van der Waals surface area contributed by atoms with E-state index in [0.717, 1.165) is 5.56 Å². The summed E-state index contributed by atoms with van der Waals surface area (Å²) in [4.78, 5) is 0. The van der Waals surface area contributed by atoms with Gasteiger partial charge in [-0.25, -0.2) is 0 Å². The zero-order chi connectivity index (χ0) is 10.4. The molecule has 14 heavy (non-hydrogen) atoms. The van der Waals surface area contributed by atoms with Crippen LogP contribution in [0.15, 0.2) is 35.4 Å². The number of nitrogens with zero attached hydrogens (tertiary/aromatic N) is 1. The number of hydrogen-bond donors (Lipinski definition) is 1. The minimum absolute atomic E-state index is 0.0735. The zero-order valence-electron chi connectivity index (χ0n) is 7.25. The number of hydrazone groups is 1. The van der Waals surface area contributed by atoms with Crippen LogP contribution in [0.5, 0.6) is 0 Å². The lowest BCUT2D eigenvalue weighted by Gasteiger charge is -2.00. The van der Waals surface area contributed by atoms with Crippen LogP contribution in [0.4, 0.5) is 13.2 Å². The van der Waals surface area contributed by atoms with Crippen LogP contribution in [0.3, 0.4) is 0 Å². The molecule has 0 aliphatic rings. The average Bonchev–Trinajstić information content (AvgIpc) is 2.13. The van der Waals surface area contributed by atoms with Crippen molar-refractivity contribution in [1.29, 1.82) is 0 Å². The Balaban J connectivity index is 2.33. The highest BCUT2D eigenvalue weighted by atomic mass is 19.4. The van der Waals surface area contributed by atoms with Crippen LogP contribution in [0.25, 0.3) is 0 Å². The molecule has 0 saturated heterocycles. The summed E-state index contributed by atoms with van der Waals surface area (Å²) in [5.41, 5.74) is 3.19. The van der Waals surface area contributed by atoms with E-state index in [9.17, 15) is 13.2 Å². The van der Waals surface area contributed by atoms with Gasteiger partial charge in [-0.15, -0.1) is 0 Å². The van der Waals surface area contributed by atoms with Crippen molar-refractivity contribution in [1.82, 2.24) is 5.43 Å². The summed E-state index contributed by atoms with van der Waals surface area (Å²) in [6, 6.07) is 9.06. The first-order chi connectivity index (χ1) is 6.58. The molecule has 2 nitrogen and oxygen atoms in total. The van der Waals surface area contributed by atoms with Gasteiger partial charge in [-0.1, -0.05) is 30.3 Å². The molecule has 0 bridgehead atoms. The van der Waals surface area contributed by atoms with Gasteiger partial charge in [0.2, 0.25) is 0 Å². The maximum atomic E-state index is 11.6. The van der Waals surface area contributed by atoms with Crippen LogP contribution < -0.4 is 5.43 Å². The molecule has 0 amide bonds. The molecule has 0 fully saturated rings. The summed E-state index contributed by atoms with van der Waals surface area (Å²) in [6.45, 7) is 0.285. The molecule has 76 valence electrons. The van der Waals surface area contributed by atoms with Crippen LogP contribution in [0, 0.1) is 0 Å². The maximum absolute atomic E-state index is 11.6. The first-order valence-corrected chi connectivity index (χ1v) is 3.96. The van der Waals surface area contributed by atoms with E-state index in [4.69, 9.17) is 0 Å². The van der Waals surface area contributed by atoms with Gasteiger partial charge in [0.1, 0.15) is 6.21 Å². The lowest BCUT2D eigenvalue weighted by Crippen LogP contribution is -2.13. The summed E-state index contributed by atoms with van der Waals surface area (Å²) in [5.74, 6) is 0. The number of rotatable bonds is 3. The van der Waals surface area contributed by atoms with Crippen molar-refractivity contribution in [2.45, 2.75) is 12.7 Å². The number of benzene rings is 1. The summed E-state index contributed by atoms with van der Waals surface area (Å²) in [5, 5.41) is 3.04. The van der Waals surface area contributed by atoms with Crippen LogP contribution >= 0.6 is 0 Å². The number of nitrogens with one attached hydrogen (secondary N) is 1. The summed E-state index contributed by atoms with van der Waals surface area (Å²) >= 11 is 0. The van der Waals surface area contributed by atoms with Gasteiger partial charge in [0, 0.05) is 0 Å². The van der Waals surface area contributed by atoms with E-state index in [0.29, 0.717) is 0 Å². The van der Waals surface area contributed by atoms with E-state index in [-0.39, 0.29) is 12.8 Å². The van der Waals surface area contributed by atoms with E-state index < -0.39 is 6.18 Å². The smallest absolute Gasteiger partial charge is 0.306 e. The molecule has 5 heteroatoms. The molecule has 0 aliphatic carbocycles. The highest BCUT2D eigenvalue weighted by Crippen LogP contribution is 2.09. The van der Waals surface area contributed by atoms with E-state index >= 15 is 0 Å². The predicted octanol–water partition coefficient (Wildman–Crippen LogP) is 2.32. The largest absolute Gasteiger partial charge is 0.428 e. The molecule has 0 heterocycles. The van der Waals surface area contributed by atoms with Crippen molar-refractivity contribution in [3.63, 3.8) is 0 Å². The van der Waals surface area contributed by atoms with Crippen molar-refractivity contribution in [2.24, 2.45) is 5.10 Å². The Morgan fingerprint density at radius 3 is 2.43 bits per heavy atom. The van der Waals surface area contributed by atoms with Gasteiger partial charge in [0.05, 0.1) is 6.54 Å². The molecule has 0 unspecified atom stereocenters. The fourth-order valence-corrected chi connectivity index (χ4v) is 0.852. The van der Waals surface area contributed by atoms with Gasteiger partial charge in [-0.2, -0.15) is 18.3 Å². The van der Waals surface area contributed by atoms with Crippen LogP contribution in [-0.4, -0.2) is 12.4 Å². The number of hydrogen-bond acceptors (Lipinski definition) is 2. The SMILES string of the molecule is FC(F)(F)/C=N/NCc1ccccc1. The lowest BCUT2D eigenvalue weighted by atomic mass is 10.2. The second-order valence-electron chi connectivity index (χ2n) is 2.62. The van der Waals surface area contributed by atoms with E-state index in [1.165, 1.54) is 0 Å². The molecule has 0 atom stereocenters. The van der Waals surface area contributed by atoms with E-state index in [1.54, 1.807) is 12.1 Å². The van der Waals surface area contributed by atoms with Gasteiger partial charge >= 0.3 is 6.18 Å². The minimum atomic E-state index is -4.36. The van der Waals surface area contributed by atoms with Gasteiger partial charge in [-0.3, -0.25) is 0 Å². The van der Waals surface area contributed by atoms with Gasteiger partial charge in [0.15, 0.2) is 0 Å². The molecule has 0 radical (unpaired) electrons. The second kappa shape index (κ2) is 4.64. The molecule has 1 rings (SSSR count). The van der Waals surface area contributed by atoms with Crippen molar-refractivity contribution >= 4 is 6.21 Å². The molecular weight excluding hydrogens is 193 g/mol. The Labute approximate surface area is 79.4 Å². The van der Waals surface area contributed by atoms with Crippen LogP contribution in [0.1, 0.15) is 5.56 Å². The Kier molecular flexibility index (Phi) is 3.50. The molecule has 0 aliphatic heterocycles. The summed E-state index contributed by atoms with van der Waals surface area (Å²) < 4.78 is 34.8. The maximum Gasteiger partial charge on any atom is 0.428 e. The van der Waals surface area contributed by atoms with Crippen LogP contribution in [-0.2, 0) is 6.54 Å². The summed E-state index contributed by atoms with van der Waals surface area (Å²) in [6.07, 6.45) is -4.43. The first kappa shape index (κ1) is 10.6. The zero-order valence-corrected chi connectivity index (χ0v) is 7.25. The molecule has 0 aromatic heterocycles. The first-order valence-electron chi connectivity index (χ1n) is 3.96.